The number of rotatable bonds is 8. The van der Waals surface area contributed by atoms with Crippen molar-refractivity contribution in [2.45, 2.75) is 20.5 Å². The molecule has 4 rings (SSSR count). The summed E-state index contributed by atoms with van der Waals surface area (Å²) in [5.41, 5.74) is 6.41. The van der Waals surface area contributed by atoms with Crippen LogP contribution in [0.3, 0.4) is 0 Å². The van der Waals surface area contributed by atoms with Crippen molar-refractivity contribution in [3.63, 3.8) is 0 Å². The first-order chi connectivity index (χ1) is 16.1. The average Bonchev–Trinajstić information content (AvgIpc) is 2.83. The van der Waals surface area contributed by atoms with Crippen LogP contribution in [0.2, 0.25) is 0 Å². The van der Waals surface area contributed by atoms with Crippen LogP contribution in [0, 0.1) is 13.8 Å². The summed E-state index contributed by atoms with van der Waals surface area (Å²) in [7, 11) is 0. The summed E-state index contributed by atoms with van der Waals surface area (Å²) in [5, 5.41) is 6.24. The zero-order valence-electron chi connectivity index (χ0n) is 18.7. The molecule has 0 heterocycles. The van der Waals surface area contributed by atoms with Crippen molar-refractivity contribution >= 4 is 22.9 Å². The summed E-state index contributed by atoms with van der Waals surface area (Å²) in [6.45, 7) is 4.23. The number of hydrazone groups is 1. The molecule has 0 unspecified atom stereocenters. The van der Waals surface area contributed by atoms with Gasteiger partial charge in [-0.2, -0.15) is 5.10 Å². The summed E-state index contributed by atoms with van der Waals surface area (Å²) in [6.07, 6.45) is 1.62. The van der Waals surface area contributed by atoms with Crippen molar-refractivity contribution < 1.29 is 14.3 Å². The van der Waals surface area contributed by atoms with E-state index in [0.717, 1.165) is 38.8 Å². The second kappa shape index (κ2) is 10.5. The molecule has 33 heavy (non-hydrogen) atoms. The number of para-hydroxylation sites is 1. The molecule has 5 nitrogen and oxygen atoms in total. The second-order valence-corrected chi connectivity index (χ2v) is 7.78. The van der Waals surface area contributed by atoms with Crippen molar-refractivity contribution in [2.75, 3.05) is 6.61 Å². The van der Waals surface area contributed by atoms with Crippen LogP contribution in [0.25, 0.3) is 10.8 Å². The van der Waals surface area contributed by atoms with Crippen molar-refractivity contribution in [1.82, 2.24) is 5.43 Å². The highest BCUT2D eigenvalue weighted by Gasteiger charge is 2.09. The van der Waals surface area contributed by atoms with Gasteiger partial charge in [0.15, 0.2) is 6.61 Å². The molecular weight excluding hydrogens is 412 g/mol. The SMILES string of the molecule is Cc1cccc(C)c1OCC(=O)N/N=C\c1c(OCc2ccccc2)ccc2ccccc12. The van der Waals surface area contributed by atoms with Gasteiger partial charge in [0.05, 0.1) is 6.21 Å². The highest BCUT2D eigenvalue weighted by atomic mass is 16.5. The van der Waals surface area contributed by atoms with Crippen molar-refractivity contribution in [1.29, 1.82) is 0 Å². The zero-order valence-corrected chi connectivity index (χ0v) is 18.7. The van der Waals surface area contributed by atoms with Gasteiger partial charge in [0.1, 0.15) is 18.1 Å². The number of nitrogens with one attached hydrogen (secondary N) is 1. The summed E-state index contributed by atoms with van der Waals surface area (Å²) >= 11 is 0. The summed E-state index contributed by atoms with van der Waals surface area (Å²) in [6, 6.07) is 27.8. The first kappa shape index (κ1) is 22.1. The molecule has 1 N–H and O–H groups in total. The van der Waals surface area contributed by atoms with Crippen LogP contribution in [0.1, 0.15) is 22.3 Å². The summed E-state index contributed by atoms with van der Waals surface area (Å²) < 4.78 is 11.8. The maximum absolute atomic E-state index is 12.3. The molecular formula is C28H26N2O3. The third-order valence-corrected chi connectivity index (χ3v) is 5.31. The number of nitrogens with zero attached hydrogens (tertiary/aromatic N) is 1. The summed E-state index contributed by atoms with van der Waals surface area (Å²) in [5.74, 6) is 1.09. The molecule has 0 bridgehead atoms. The number of carbonyl (C=O) groups excluding carboxylic acids is 1. The van der Waals surface area contributed by atoms with Crippen molar-refractivity contribution in [2.24, 2.45) is 5.10 Å². The molecule has 0 aliphatic heterocycles. The van der Waals surface area contributed by atoms with E-state index in [1.165, 1.54) is 0 Å². The van der Waals surface area contributed by atoms with E-state index in [2.05, 4.69) is 10.5 Å². The summed E-state index contributed by atoms with van der Waals surface area (Å²) in [4.78, 5) is 12.3. The highest BCUT2D eigenvalue weighted by molar-refractivity contribution is 6.02. The van der Waals surface area contributed by atoms with Gasteiger partial charge in [0.2, 0.25) is 0 Å². The molecule has 4 aromatic rings. The lowest BCUT2D eigenvalue weighted by Gasteiger charge is -2.12. The number of benzene rings is 4. The topological polar surface area (TPSA) is 59.9 Å². The van der Waals surface area contributed by atoms with Crippen LogP contribution in [-0.2, 0) is 11.4 Å². The molecule has 0 saturated heterocycles. The Morgan fingerprint density at radius 2 is 1.58 bits per heavy atom. The van der Waals surface area contributed by atoms with Gasteiger partial charge in [-0.15, -0.1) is 0 Å². The maximum Gasteiger partial charge on any atom is 0.277 e. The number of hydrogen-bond acceptors (Lipinski definition) is 4. The second-order valence-electron chi connectivity index (χ2n) is 7.78. The highest BCUT2D eigenvalue weighted by Crippen LogP contribution is 2.27. The fourth-order valence-corrected chi connectivity index (χ4v) is 3.64. The van der Waals surface area contributed by atoms with Gasteiger partial charge < -0.3 is 9.47 Å². The Morgan fingerprint density at radius 1 is 0.848 bits per heavy atom. The third kappa shape index (κ3) is 5.57. The van der Waals surface area contributed by atoms with E-state index in [1.54, 1.807) is 6.21 Å². The normalized spacial score (nSPS) is 11.0. The predicted octanol–water partition coefficient (Wildman–Crippen LogP) is 5.56. The molecule has 4 aromatic carbocycles. The van der Waals surface area contributed by atoms with Gasteiger partial charge in [0.25, 0.3) is 5.91 Å². The number of amides is 1. The van der Waals surface area contributed by atoms with E-state index >= 15 is 0 Å². The molecule has 0 radical (unpaired) electrons. The molecule has 166 valence electrons. The van der Waals surface area contributed by atoms with Gasteiger partial charge in [-0.05, 0) is 47.4 Å². The van der Waals surface area contributed by atoms with Crippen LogP contribution < -0.4 is 14.9 Å². The average molecular weight is 439 g/mol. The minimum Gasteiger partial charge on any atom is -0.488 e. The van der Waals surface area contributed by atoms with E-state index in [0.29, 0.717) is 12.4 Å². The molecule has 0 spiro atoms. The monoisotopic (exact) mass is 438 g/mol. The van der Waals surface area contributed by atoms with E-state index in [4.69, 9.17) is 9.47 Å². The molecule has 0 aromatic heterocycles. The number of ether oxygens (including phenoxy) is 2. The van der Waals surface area contributed by atoms with Gasteiger partial charge in [-0.3, -0.25) is 4.79 Å². The first-order valence-electron chi connectivity index (χ1n) is 10.8. The molecule has 0 saturated carbocycles. The Hall–Kier alpha value is -4.12. The van der Waals surface area contributed by atoms with E-state index in [9.17, 15) is 4.79 Å². The van der Waals surface area contributed by atoms with E-state index < -0.39 is 0 Å². The lowest BCUT2D eigenvalue weighted by Crippen LogP contribution is -2.25. The van der Waals surface area contributed by atoms with E-state index in [-0.39, 0.29) is 12.5 Å². The smallest absolute Gasteiger partial charge is 0.277 e. The largest absolute Gasteiger partial charge is 0.488 e. The zero-order chi connectivity index (χ0) is 23.0. The van der Waals surface area contributed by atoms with Crippen LogP contribution in [0.4, 0.5) is 0 Å². The predicted molar refractivity (Wildman–Crippen MR) is 132 cm³/mol. The maximum atomic E-state index is 12.3. The van der Waals surface area contributed by atoms with E-state index in [1.807, 2.05) is 98.8 Å². The fourth-order valence-electron chi connectivity index (χ4n) is 3.64. The number of fused-ring (bicyclic) bond motifs is 1. The Labute approximate surface area is 193 Å². The Morgan fingerprint density at radius 3 is 2.36 bits per heavy atom. The van der Waals surface area contributed by atoms with Gasteiger partial charge in [-0.1, -0.05) is 78.9 Å². The van der Waals surface area contributed by atoms with Crippen LogP contribution in [0.5, 0.6) is 11.5 Å². The van der Waals surface area contributed by atoms with Gasteiger partial charge >= 0.3 is 0 Å². The number of carbonyl (C=O) groups is 1. The Balaban J connectivity index is 1.47. The molecule has 0 aliphatic carbocycles. The van der Waals surface area contributed by atoms with Gasteiger partial charge in [0, 0.05) is 5.56 Å². The quantitative estimate of drug-likeness (QED) is 0.289. The lowest BCUT2D eigenvalue weighted by atomic mass is 10.0. The molecule has 5 heteroatoms. The molecule has 0 atom stereocenters. The minimum absolute atomic E-state index is 0.115. The fraction of sp³-hybridized carbons (Fsp3) is 0.143. The lowest BCUT2D eigenvalue weighted by molar-refractivity contribution is -0.123. The third-order valence-electron chi connectivity index (χ3n) is 5.31. The minimum atomic E-state index is -0.333. The Bertz CT molecular complexity index is 1260. The van der Waals surface area contributed by atoms with Crippen LogP contribution >= 0.6 is 0 Å². The van der Waals surface area contributed by atoms with Gasteiger partial charge in [-0.25, -0.2) is 5.43 Å². The number of hydrogen-bond donors (Lipinski definition) is 1. The van der Waals surface area contributed by atoms with Crippen molar-refractivity contribution in [3.8, 4) is 11.5 Å². The standard InChI is InChI=1S/C28H26N2O3/c1-20-9-8-10-21(2)28(20)33-19-27(31)30-29-17-25-24-14-7-6-13-23(24)15-16-26(25)32-18-22-11-4-3-5-12-22/h3-17H,18-19H2,1-2H3,(H,30,31)/b29-17-. The molecule has 0 aliphatic rings. The number of aryl methyl sites for hydroxylation is 2. The van der Waals surface area contributed by atoms with Crippen molar-refractivity contribution in [3.05, 3.63) is 107 Å². The first-order valence-corrected chi connectivity index (χ1v) is 10.8. The Kier molecular flexibility index (Phi) is 7.00. The van der Waals surface area contributed by atoms with Crippen LogP contribution in [0.15, 0.2) is 90.0 Å². The molecule has 0 fully saturated rings. The van der Waals surface area contributed by atoms with Crippen LogP contribution in [-0.4, -0.2) is 18.7 Å². The molecule has 1 amide bonds.